The second kappa shape index (κ2) is 3.83. The van der Waals surface area contributed by atoms with E-state index in [1.165, 1.54) is 0 Å². The van der Waals surface area contributed by atoms with Gasteiger partial charge in [-0.2, -0.15) is 0 Å². The van der Waals surface area contributed by atoms with Gasteiger partial charge in [0, 0.05) is 5.56 Å². The van der Waals surface area contributed by atoms with Crippen LogP contribution in [-0.2, 0) is 0 Å². The summed E-state index contributed by atoms with van der Waals surface area (Å²) in [4.78, 5) is 19.9. The monoisotopic (exact) mass is 234 g/mol. The number of fused-ring (bicyclic) bond motifs is 1. The molecular weight excluding hydrogens is 224 g/mol. The number of aryl methyl sites for hydroxylation is 2. The van der Waals surface area contributed by atoms with E-state index >= 15 is 0 Å². The summed E-state index contributed by atoms with van der Waals surface area (Å²) in [6, 6.07) is 3.60. The molecular formula is C12H11ClN2O. The number of Topliss-reactive ketones (excluding diaryl/α,β-unsaturated/α-hetero) is 1. The van der Waals surface area contributed by atoms with Crippen LogP contribution in [-0.4, -0.2) is 15.8 Å². The molecule has 3 nitrogen and oxygen atoms in total. The predicted molar refractivity (Wildman–Crippen MR) is 64.0 cm³/mol. The summed E-state index contributed by atoms with van der Waals surface area (Å²) in [5, 5.41) is 0.405. The number of carbonyl (C=O) groups excluding carboxylic acids is 1. The minimum atomic E-state index is 0.0359. The Morgan fingerprint density at radius 2 is 1.81 bits per heavy atom. The molecule has 4 heteroatoms. The normalized spacial score (nSPS) is 10.8. The number of rotatable bonds is 1. The molecule has 2 rings (SSSR count). The SMILES string of the molecule is CC(=O)c1cc2nc(C)c(Cl)nc2cc1C. The van der Waals surface area contributed by atoms with Gasteiger partial charge in [0.05, 0.1) is 16.7 Å². The molecule has 0 bridgehead atoms. The molecule has 82 valence electrons. The zero-order valence-corrected chi connectivity index (χ0v) is 10.1. The summed E-state index contributed by atoms with van der Waals surface area (Å²) in [5.74, 6) is 0.0359. The fourth-order valence-electron chi connectivity index (χ4n) is 1.65. The third-order valence-corrected chi connectivity index (χ3v) is 2.86. The Hall–Kier alpha value is -1.48. The molecule has 0 unspecified atom stereocenters. The highest BCUT2D eigenvalue weighted by Gasteiger charge is 2.09. The van der Waals surface area contributed by atoms with Crippen LogP contribution in [0, 0.1) is 13.8 Å². The van der Waals surface area contributed by atoms with Crippen LogP contribution in [0.15, 0.2) is 12.1 Å². The summed E-state index contributed by atoms with van der Waals surface area (Å²) in [6.45, 7) is 5.22. The fourth-order valence-corrected chi connectivity index (χ4v) is 1.79. The molecule has 0 saturated heterocycles. The van der Waals surface area contributed by atoms with Gasteiger partial charge in [0.2, 0.25) is 0 Å². The first-order valence-corrected chi connectivity index (χ1v) is 5.32. The van der Waals surface area contributed by atoms with Crippen LogP contribution in [0.3, 0.4) is 0 Å². The molecule has 0 radical (unpaired) electrons. The Labute approximate surface area is 98.5 Å². The molecule has 0 aliphatic carbocycles. The number of halogens is 1. The van der Waals surface area contributed by atoms with Crippen LogP contribution < -0.4 is 0 Å². The number of carbonyl (C=O) groups is 1. The van der Waals surface area contributed by atoms with Crippen molar-refractivity contribution in [1.29, 1.82) is 0 Å². The van der Waals surface area contributed by atoms with Crippen LogP contribution in [0.2, 0.25) is 5.15 Å². The number of ketones is 1. The van der Waals surface area contributed by atoms with Crippen molar-refractivity contribution < 1.29 is 4.79 Å². The van der Waals surface area contributed by atoms with E-state index in [9.17, 15) is 4.79 Å². The summed E-state index contributed by atoms with van der Waals surface area (Å²) in [7, 11) is 0. The van der Waals surface area contributed by atoms with Crippen molar-refractivity contribution in [3.05, 3.63) is 34.1 Å². The maximum absolute atomic E-state index is 11.4. The molecule has 0 saturated carbocycles. The van der Waals surface area contributed by atoms with E-state index < -0.39 is 0 Å². The van der Waals surface area contributed by atoms with E-state index in [0.717, 1.165) is 11.1 Å². The lowest BCUT2D eigenvalue weighted by Crippen LogP contribution is -1.98. The lowest BCUT2D eigenvalue weighted by Gasteiger charge is -2.05. The third-order valence-electron chi connectivity index (χ3n) is 2.51. The van der Waals surface area contributed by atoms with Crippen LogP contribution in [0.1, 0.15) is 28.5 Å². The zero-order chi connectivity index (χ0) is 11.9. The molecule has 0 N–H and O–H groups in total. The predicted octanol–water partition coefficient (Wildman–Crippen LogP) is 3.10. The topological polar surface area (TPSA) is 42.9 Å². The molecule has 16 heavy (non-hydrogen) atoms. The molecule has 0 atom stereocenters. The van der Waals surface area contributed by atoms with E-state index in [4.69, 9.17) is 11.6 Å². The Morgan fingerprint density at radius 1 is 1.19 bits per heavy atom. The van der Waals surface area contributed by atoms with Gasteiger partial charge in [0.1, 0.15) is 0 Å². The summed E-state index contributed by atoms with van der Waals surface area (Å²) in [5.41, 5.74) is 3.68. The van der Waals surface area contributed by atoms with E-state index in [1.54, 1.807) is 19.9 Å². The Morgan fingerprint density at radius 3 is 2.44 bits per heavy atom. The third kappa shape index (κ3) is 1.78. The lowest BCUT2D eigenvalue weighted by molar-refractivity contribution is 0.101. The summed E-state index contributed by atoms with van der Waals surface area (Å²) < 4.78 is 0. The van der Waals surface area contributed by atoms with Gasteiger partial charge >= 0.3 is 0 Å². The lowest BCUT2D eigenvalue weighted by atomic mass is 10.0. The average Bonchev–Trinajstić information content (AvgIpc) is 2.19. The first-order chi connectivity index (χ1) is 7.49. The van der Waals surface area contributed by atoms with Gasteiger partial charge in [-0.3, -0.25) is 4.79 Å². The van der Waals surface area contributed by atoms with Crippen LogP contribution in [0.4, 0.5) is 0 Å². The molecule has 0 amide bonds. The van der Waals surface area contributed by atoms with E-state index in [-0.39, 0.29) is 5.78 Å². The van der Waals surface area contributed by atoms with Gasteiger partial charge in [0.15, 0.2) is 10.9 Å². The maximum Gasteiger partial charge on any atom is 0.160 e. The van der Waals surface area contributed by atoms with E-state index in [0.29, 0.717) is 21.9 Å². The Bertz CT molecular complexity index is 593. The first kappa shape index (κ1) is 11.0. The van der Waals surface area contributed by atoms with Crippen LogP contribution >= 0.6 is 11.6 Å². The number of aromatic nitrogens is 2. The molecule has 0 fully saturated rings. The van der Waals surface area contributed by atoms with Gasteiger partial charge in [-0.05, 0) is 38.5 Å². The molecule has 1 aromatic heterocycles. The van der Waals surface area contributed by atoms with Crippen LogP contribution in [0.5, 0.6) is 0 Å². The van der Waals surface area contributed by atoms with Crippen molar-refractivity contribution >= 4 is 28.4 Å². The van der Waals surface area contributed by atoms with Gasteiger partial charge < -0.3 is 0 Å². The maximum atomic E-state index is 11.4. The van der Waals surface area contributed by atoms with Crippen molar-refractivity contribution in [3.63, 3.8) is 0 Å². The quantitative estimate of drug-likeness (QED) is 0.712. The molecule has 0 spiro atoms. The van der Waals surface area contributed by atoms with Crippen LogP contribution in [0.25, 0.3) is 11.0 Å². The number of hydrogen-bond acceptors (Lipinski definition) is 3. The van der Waals surface area contributed by atoms with Crippen molar-refractivity contribution in [1.82, 2.24) is 9.97 Å². The highest BCUT2D eigenvalue weighted by Crippen LogP contribution is 2.20. The van der Waals surface area contributed by atoms with Gasteiger partial charge in [-0.1, -0.05) is 11.6 Å². The van der Waals surface area contributed by atoms with Crippen molar-refractivity contribution in [2.45, 2.75) is 20.8 Å². The molecule has 1 aromatic carbocycles. The first-order valence-electron chi connectivity index (χ1n) is 4.94. The standard InChI is InChI=1S/C12H11ClN2O/c1-6-4-10-11(5-9(6)8(3)16)14-7(2)12(13)15-10/h4-5H,1-3H3. The zero-order valence-electron chi connectivity index (χ0n) is 9.34. The molecule has 0 aliphatic heterocycles. The molecule has 2 aromatic rings. The van der Waals surface area contributed by atoms with Gasteiger partial charge in [-0.15, -0.1) is 0 Å². The number of hydrogen-bond donors (Lipinski definition) is 0. The van der Waals surface area contributed by atoms with Gasteiger partial charge in [0.25, 0.3) is 0 Å². The Balaban J connectivity index is 2.79. The number of benzene rings is 1. The highest BCUT2D eigenvalue weighted by atomic mass is 35.5. The van der Waals surface area contributed by atoms with Crippen molar-refractivity contribution in [2.75, 3.05) is 0 Å². The summed E-state index contributed by atoms with van der Waals surface area (Å²) in [6.07, 6.45) is 0. The van der Waals surface area contributed by atoms with E-state index in [2.05, 4.69) is 9.97 Å². The largest absolute Gasteiger partial charge is 0.294 e. The number of nitrogens with zero attached hydrogens (tertiary/aromatic N) is 2. The second-order valence-corrected chi connectivity index (χ2v) is 4.17. The minimum absolute atomic E-state index is 0.0359. The Kier molecular flexibility index (Phi) is 2.64. The minimum Gasteiger partial charge on any atom is -0.294 e. The highest BCUT2D eigenvalue weighted by molar-refractivity contribution is 6.30. The smallest absolute Gasteiger partial charge is 0.160 e. The second-order valence-electron chi connectivity index (χ2n) is 3.81. The molecule has 0 aliphatic rings. The average molecular weight is 235 g/mol. The fraction of sp³-hybridized carbons (Fsp3) is 0.250. The molecule has 1 heterocycles. The van der Waals surface area contributed by atoms with E-state index in [1.807, 2.05) is 13.0 Å². The summed E-state index contributed by atoms with van der Waals surface area (Å²) >= 11 is 5.90. The van der Waals surface area contributed by atoms with Crippen molar-refractivity contribution in [2.24, 2.45) is 0 Å². The van der Waals surface area contributed by atoms with Gasteiger partial charge in [-0.25, -0.2) is 9.97 Å². The van der Waals surface area contributed by atoms with Crippen molar-refractivity contribution in [3.8, 4) is 0 Å².